The van der Waals surface area contributed by atoms with Gasteiger partial charge in [-0.25, -0.2) is 12.8 Å². The number of aryl methyl sites for hydroxylation is 1. The number of carbonyl (C=O) groups is 1. The van der Waals surface area contributed by atoms with E-state index in [9.17, 15) is 17.6 Å². The molecule has 3 aromatic rings. The molecule has 0 aromatic heterocycles. The Bertz CT molecular complexity index is 1180. The van der Waals surface area contributed by atoms with E-state index < -0.39 is 28.3 Å². The first-order valence-electron chi connectivity index (χ1n) is 10.2. The van der Waals surface area contributed by atoms with E-state index in [0.717, 1.165) is 20.2 Å². The highest BCUT2D eigenvalue weighted by Crippen LogP contribution is 2.26. The number of hydrogen-bond donors (Lipinski definition) is 1. The van der Waals surface area contributed by atoms with Crippen LogP contribution in [-0.2, 0) is 14.8 Å². The molecule has 3 rings (SSSR count). The van der Waals surface area contributed by atoms with Crippen LogP contribution in [0.15, 0.2) is 87.5 Å². The summed E-state index contributed by atoms with van der Waals surface area (Å²) in [5, 5.41) is 2.76. The molecule has 0 aliphatic carbocycles. The molecule has 0 aliphatic rings. The summed E-state index contributed by atoms with van der Waals surface area (Å²) in [5.41, 5.74) is 1.27. The fourth-order valence-corrected chi connectivity index (χ4v) is 5.59. The van der Waals surface area contributed by atoms with Crippen molar-refractivity contribution in [2.24, 2.45) is 0 Å². The highest BCUT2D eigenvalue weighted by atomic mass is 32.2. The Balaban J connectivity index is 1.71. The van der Waals surface area contributed by atoms with Gasteiger partial charge >= 0.3 is 0 Å². The van der Waals surface area contributed by atoms with Crippen LogP contribution in [0.3, 0.4) is 0 Å². The molecule has 0 saturated carbocycles. The molecule has 0 spiro atoms. The van der Waals surface area contributed by atoms with E-state index in [-0.39, 0.29) is 10.6 Å². The van der Waals surface area contributed by atoms with Gasteiger partial charge in [0.1, 0.15) is 12.4 Å². The van der Waals surface area contributed by atoms with E-state index in [1.165, 1.54) is 47.7 Å². The summed E-state index contributed by atoms with van der Waals surface area (Å²) in [4.78, 5) is 14.7. The van der Waals surface area contributed by atoms with Crippen molar-refractivity contribution in [2.45, 2.75) is 21.6 Å². The lowest BCUT2D eigenvalue weighted by Gasteiger charge is -2.24. The molecule has 1 N–H and O–H groups in total. The van der Waals surface area contributed by atoms with Crippen LogP contribution in [0.5, 0.6) is 0 Å². The summed E-state index contributed by atoms with van der Waals surface area (Å²) in [7, 11) is -4.08. The Labute approximate surface area is 202 Å². The molecule has 5 nitrogen and oxygen atoms in total. The third-order valence-corrected chi connectivity index (χ3v) is 8.29. The molecule has 0 aliphatic heterocycles. The second-order valence-corrected chi connectivity index (χ2v) is 11.1. The van der Waals surface area contributed by atoms with E-state index >= 15 is 0 Å². The van der Waals surface area contributed by atoms with Gasteiger partial charge < -0.3 is 5.32 Å². The van der Waals surface area contributed by atoms with E-state index in [2.05, 4.69) is 5.32 Å². The zero-order valence-corrected chi connectivity index (χ0v) is 20.8. The number of hydrogen-bond acceptors (Lipinski definition) is 5. The number of thioether (sulfide) groups is 2. The lowest BCUT2D eigenvalue weighted by Crippen LogP contribution is -2.41. The molecular weight excluding hydrogens is 479 g/mol. The molecule has 0 radical (unpaired) electrons. The van der Waals surface area contributed by atoms with Crippen molar-refractivity contribution in [2.75, 3.05) is 29.4 Å². The molecule has 0 saturated heterocycles. The quantitative estimate of drug-likeness (QED) is 0.312. The van der Waals surface area contributed by atoms with Gasteiger partial charge in [-0.3, -0.25) is 9.10 Å². The van der Waals surface area contributed by atoms with Gasteiger partial charge in [-0.05, 0) is 67.8 Å². The maximum Gasteiger partial charge on any atom is 0.264 e. The van der Waals surface area contributed by atoms with E-state index in [0.29, 0.717) is 12.3 Å². The molecule has 1 amide bonds. The van der Waals surface area contributed by atoms with E-state index in [4.69, 9.17) is 0 Å². The van der Waals surface area contributed by atoms with Crippen LogP contribution in [0.4, 0.5) is 10.1 Å². The third kappa shape index (κ3) is 6.99. The summed E-state index contributed by atoms with van der Waals surface area (Å²) in [6.07, 6.45) is 1.89. The second kappa shape index (κ2) is 11.6. The zero-order chi connectivity index (χ0) is 23.8. The average molecular weight is 505 g/mol. The maximum absolute atomic E-state index is 13.9. The van der Waals surface area contributed by atoms with Crippen molar-refractivity contribution in [1.82, 2.24) is 5.32 Å². The van der Waals surface area contributed by atoms with Gasteiger partial charge in [-0.1, -0.05) is 23.8 Å². The number of rotatable bonds is 10. The Morgan fingerprint density at radius 2 is 1.67 bits per heavy atom. The SMILES string of the molecule is CSc1ccc(S(=O)(=O)N(CC(=O)NCCSc2ccc(C)cc2)c2cccc(F)c2)cc1. The first-order valence-corrected chi connectivity index (χ1v) is 13.8. The molecule has 0 bridgehead atoms. The molecular formula is C24H25FN2O3S3. The van der Waals surface area contributed by atoms with Crippen LogP contribution in [0.25, 0.3) is 0 Å². The number of benzene rings is 3. The van der Waals surface area contributed by atoms with Crippen molar-refractivity contribution in [3.8, 4) is 0 Å². The van der Waals surface area contributed by atoms with Crippen LogP contribution in [0.2, 0.25) is 0 Å². The van der Waals surface area contributed by atoms with Gasteiger partial charge in [-0.2, -0.15) is 0 Å². The first kappa shape index (κ1) is 25.1. The fourth-order valence-electron chi connectivity index (χ4n) is 3.00. The standard InChI is InChI=1S/C24H25FN2O3S3/c1-18-6-8-22(9-7-18)32-15-14-26-24(28)17-27(20-5-3-4-19(25)16-20)33(29,30)23-12-10-21(31-2)11-13-23/h3-13,16H,14-15,17H2,1-2H3,(H,26,28). The van der Waals surface area contributed by atoms with Crippen molar-refractivity contribution >= 4 is 45.1 Å². The number of nitrogens with zero attached hydrogens (tertiary/aromatic N) is 1. The minimum Gasteiger partial charge on any atom is -0.354 e. The topological polar surface area (TPSA) is 66.5 Å². The van der Waals surface area contributed by atoms with Crippen LogP contribution in [-0.4, -0.2) is 39.4 Å². The Morgan fingerprint density at radius 3 is 2.30 bits per heavy atom. The molecule has 33 heavy (non-hydrogen) atoms. The van der Waals surface area contributed by atoms with Crippen molar-refractivity contribution in [3.05, 3.63) is 84.2 Å². The summed E-state index contributed by atoms with van der Waals surface area (Å²) in [6.45, 7) is 1.94. The molecule has 0 fully saturated rings. The molecule has 0 unspecified atom stereocenters. The normalized spacial score (nSPS) is 11.2. The van der Waals surface area contributed by atoms with Gasteiger partial charge in [0.2, 0.25) is 5.91 Å². The van der Waals surface area contributed by atoms with Gasteiger partial charge in [-0.15, -0.1) is 23.5 Å². The predicted octanol–water partition coefficient (Wildman–Crippen LogP) is 4.96. The number of carbonyl (C=O) groups excluding carboxylic acids is 1. The smallest absolute Gasteiger partial charge is 0.264 e. The van der Waals surface area contributed by atoms with Gasteiger partial charge in [0.15, 0.2) is 0 Å². The monoisotopic (exact) mass is 504 g/mol. The number of nitrogens with one attached hydrogen (secondary N) is 1. The summed E-state index contributed by atoms with van der Waals surface area (Å²) in [6, 6.07) is 19.7. The van der Waals surface area contributed by atoms with Gasteiger partial charge in [0.25, 0.3) is 10.0 Å². The molecule has 9 heteroatoms. The summed E-state index contributed by atoms with van der Waals surface area (Å²) >= 11 is 3.09. The summed E-state index contributed by atoms with van der Waals surface area (Å²) < 4.78 is 41.5. The Kier molecular flexibility index (Phi) is 8.82. The Hall–Kier alpha value is -2.49. The maximum atomic E-state index is 13.9. The minimum atomic E-state index is -4.08. The predicted molar refractivity (Wildman–Crippen MR) is 134 cm³/mol. The second-order valence-electron chi connectivity index (χ2n) is 7.18. The number of sulfonamides is 1. The Morgan fingerprint density at radius 1 is 1.00 bits per heavy atom. The lowest BCUT2D eigenvalue weighted by molar-refractivity contribution is -0.119. The number of halogens is 1. The van der Waals surface area contributed by atoms with Crippen LogP contribution in [0, 0.1) is 12.7 Å². The van der Waals surface area contributed by atoms with E-state index in [1.807, 2.05) is 37.4 Å². The average Bonchev–Trinajstić information content (AvgIpc) is 2.81. The fraction of sp³-hybridized carbons (Fsp3) is 0.208. The third-order valence-electron chi connectivity index (χ3n) is 4.74. The van der Waals surface area contributed by atoms with Crippen molar-refractivity contribution in [1.29, 1.82) is 0 Å². The zero-order valence-electron chi connectivity index (χ0n) is 18.3. The number of anilines is 1. The van der Waals surface area contributed by atoms with Crippen molar-refractivity contribution < 1.29 is 17.6 Å². The lowest BCUT2D eigenvalue weighted by atomic mass is 10.2. The van der Waals surface area contributed by atoms with E-state index in [1.54, 1.807) is 23.9 Å². The molecule has 174 valence electrons. The number of amides is 1. The van der Waals surface area contributed by atoms with Crippen LogP contribution >= 0.6 is 23.5 Å². The highest BCUT2D eigenvalue weighted by Gasteiger charge is 2.27. The van der Waals surface area contributed by atoms with Gasteiger partial charge in [0, 0.05) is 22.1 Å². The van der Waals surface area contributed by atoms with Gasteiger partial charge in [0.05, 0.1) is 10.6 Å². The first-order chi connectivity index (χ1) is 15.8. The molecule has 0 atom stereocenters. The largest absolute Gasteiger partial charge is 0.354 e. The highest BCUT2D eigenvalue weighted by molar-refractivity contribution is 7.99. The van der Waals surface area contributed by atoms with Crippen molar-refractivity contribution in [3.63, 3.8) is 0 Å². The van der Waals surface area contributed by atoms with Crippen LogP contribution in [0.1, 0.15) is 5.56 Å². The summed E-state index contributed by atoms with van der Waals surface area (Å²) in [5.74, 6) is -0.411. The minimum absolute atomic E-state index is 0.0345. The van der Waals surface area contributed by atoms with Crippen LogP contribution < -0.4 is 9.62 Å². The molecule has 0 heterocycles. The molecule has 3 aromatic carbocycles.